The number of aromatic nitrogens is 2. The molecule has 1 atom stereocenters. The van der Waals surface area contributed by atoms with Gasteiger partial charge in [0, 0.05) is 54.3 Å². The number of benzene rings is 2. The van der Waals surface area contributed by atoms with Crippen molar-refractivity contribution in [2.24, 2.45) is 0 Å². The van der Waals surface area contributed by atoms with Gasteiger partial charge < -0.3 is 10.3 Å². The summed E-state index contributed by atoms with van der Waals surface area (Å²) in [7, 11) is 0. The van der Waals surface area contributed by atoms with E-state index in [0.717, 1.165) is 40.2 Å². The summed E-state index contributed by atoms with van der Waals surface area (Å²) in [6.45, 7) is 2.42. The lowest BCUT2D eigenvalue weighted by atomic mass is 9.86. The number of halogens is 4. The first-order valence-corrected chi connectivity index (χ1v) is 11.8. The van der Waals surface area contributed by atoms with Crippen molar-refractivity contribution in [3.8, 4) is 0 Å². The molecule has 0 aliphatic heterocycles. The molecule has 0 saturated heterocycles. The average Bonchev–Trinajstić information content (AvgIpc) is 3.27. The standard InChI is InChI=1S/C27H25ClF3N3O/c1-2-17-6-5-8-20-22(16-34-26(17)20)21(18-9-10-24(28)23(14-18)27(29,30)31)15-25(35)33-13-11-19-7-3-4-12-32-19/h3-10,12,14,16,21,34H,2,11,13,15H2,1H3,(H,33,35). The summed E-state index contributed by atoms with van der Waals surface area (Å²) in [5.74, 6) is -0.848. The highest BCUT2D eigenvalue weighted by Gasteiger charge is 2.34. The maximum absolute atomic E-state index is 13.6. The number of carbonyl (C=O) groups excluding carboxylic acids is 1. The topological polar surface area (TPSA) is 57.8 Å². The van der Waals surface area contributed by atoms with E-state index in [0.29, 0.717) is 18.5 Å². The molecule has 2 aromatic carbocycles. The second-order valence-electron chi connectivity index (χ2n) is 8.35. The highest BCUT2D eigenvalue weighted by Crippen LogP contribution is 2.40. The monoisotopic (exact) mass is 499 g/mol. The molecule has 0 spiro atoms. The van der Waals surface area contributed by atoms with Crippen LogP contribution in [-0.2, 0) is 23.8 Å². The van der Waals surface area contributed by atoms with Gasteiger partial charge in [-0.3, -0.25) is 9.78 Å². The van der Waals surface area contributed by atoms with Gasteiger partial charge in [-0.25, -0.2) is 0 Å². The van der Waals surface area contributed by atoms with E-state index in [4.69, 9.17) is 11.6 Å². The number of rotatable bonds is 8. The van der Waals surface area contributed by atoms with E-state index in [1.54, 1.807) is 18.5 Å². The number of pyridine rings is 1. The molecule has 2 N–H and O–H groups in total. The lowest BCUT2D eigenvalue weighted by Crippen LogP contribution is -2.27. The Hall–Kier alpha value is -3.32. The molecule has 4 rings (SSSR count). The van der Waals surface area contributed by atoms with Crippen LogP contribution in [0.1, 0.15) is 47.2 Å². The zero-order valence-corrected chi connectivity index (χ0v) is 19.9. The number of hydrogen-bond donors (Lipinski definition) is 2. The molecule has 2 aromatic heterocycles. The first kappa shape index (κ1) is 24.8. The van der Waals surface area contributed by atoms with Crippen molar-refractivity contribution in [3.63, 3.8) is 0 Å². The largest absolute Gasteiger partial charge is 0.417 e. The van der Waals surface area contributed by atoms with Crippen LogP contribution in [0.5, 0.6) is 0 Å². The molecule has 0 fully saturated rings. The summed E-state index contributed by atoms with van der Waals surface area (Å²) < 4.78 is 40.8. The van der Waals surface area contributed by atoms with Gasteiger partial charge in [0.15, 0.2) is 0 Å². The van der Waals surface area contributed by atoms with Crippen molar-refractivity contribution in [2.45, 2.75) is 38.3 Å². The van der Waals surface area contributed by atoms with Crippen molar-refractivity contribution in [2.75, 3.05) is 6.54 Å². The minimum absolute atomic E-state index is 0.00947. The molecule has 1 unspecified atom stereocenters. The highest BCUT2D eigenvalue weighted by atomic mass is 35.5. The molecule has 4 nitrogen and oxygen atoms in total. The van der Waals surface area contributed by atoms with E-state index in [1.807, 2.05) is 43.3 Å². The Balaban J connectivity index is 1.66. The number of fused-ring (bicyclic) bond motifs is 1. The van der Waals surface area contributed by atoms with E-state index in [2.05, 4.69) is 15.3 Å². The van der Waals surface area contributed by atoms with Gasteiger partial charge in [-0.1, -0.05) is 48.9 Å². The number of nitrogens with zero attached hydrogens (tertiary/aromatic N) is 1. The van der Waals surface area contributed by atoms with Gasteiger partial charge in [-0.2, -0.15) is 13.2 Å². The average molecular weight is 500 g/mol. The lowest BCUT2D eigenvalue weighted by Gasteiger charge is -2.19. The number of para-hydroxylation sites is 1. The van der Waals surface area contributed by atoms with Crippen LogP contribution < -0.4 is 5.32 Å². The van der Waals surface area contributed by atoms with Gasteiger partial charge in [0.25, 0.3) is 0 Å². The van der Waals surface area contributed by atoms with Crippen LogP contribution in [0.3, 0.4) is 0 Å². The fourth-order valence-corrected chi connectivity index (χ4v) is 4.56. The molecular weight excluding hydrogens is 475 g/mol. The summed E-state index contributed by atoms with van der Waals surface area (Å²) in [5, 5.41) is 3.40. The van der Waals surface area contributed by atoms with Crippen molar-refractivity contribution in [1.29, 1.82) is 0 Å². The molecule has 1 amide bonds. The predicted octanol–water partition coefficient (Wildman–Crippen LogP) is 6.68. The van der Waals surface area contributed by atoms with Crippen molar-refractivity contribution in [1.82, 2.24) is 15.3 Å². The molecule has 35 heavy (non-hydrogen) atoms. The maximum Gasteiger partial charge on any atom is 0.417 e. The quantitative estimate of drug-likeness (QED) is 0.284. The SMILES string of the molecule is CCc1cccc2c(C(CC(=O)NCCc3ccccn3)c3ccc(Cl)c(C(F)(F)F)c3)c[nH]c12. The molecule has 0 aliphatic carbocycles. The lowest BCUT2D eigenvalue weighted by molar-refractivity contribution is -0.137. The van der Waals surface area contributed by atoms with E-state index in [1.165, 1.54) is 6.07 Å². The van der Waals surface area contributed by atoms with Gasteiger partial charge in [0.05, 0.1) is 10.6 Å². The number of aromatic amines is 1. The molecule has 0 radical (unpaired) electrons. The van der Waals surface area contributed by atoms with Crippen LogP contribution in [0.2, 0.25) is 5.02 Å². The van der Waals surface area contributed by atoms with Gasteiger partial charge in [-0.15, -0.1) is 0 Å². The molecule has 4 aromatic rings. The van der Waals surface area contributed by atoms with E-state index in [-0.39, 0.29) is 17.4 Å². The second kappa shape index (κ2) is 10.5. The summed E-state index contributed by atoms with van der Waals surface area (Å²) in [4.78, 5) is 20.4. The Labute approximate surface area is 206 Å². The second-order valence-corrected chi connectivity index (χ2v) is 8.76. The summed E-state index contributed by atoms with van der Waals surface area (Å²) in [6, 6.07) is 15.3. The van der Waals surface area contributed by atoms with Crippen LogP contribution >= 0.6 is 11.6 Å². The van der Waals surface area contributed by atoms with Crippen molar-refractivity contribution >= 4 is 28.4 Å². The Morgan fingerprint density at radius 1 is 1.14 bits per heavy atom. The third kappa shape index (κ3) is 5.68. The number of nitrogens with one attached hydrogen (secondary N) is 2. The third-order valence-electron chi connectivity index (χ3n) is 6.11. The van der Waals surface area contributed by atoms with Gasteiger partial charge >= 0.3 is 6.18 Å². The fourth-order valence-electron chi connectivity index (χ4n) is 4.34. The molecule has 2 heterocycles. The van der Waals surface area contributed by atoms with Crippen LogP contribution in [0.4, 0.5) is 13.2 Å². The molecule has 0 bridgehead atoms. The van der Waals surface area contributed by atoms with E-state index >= 15 is 0 Å². The van der Waals surface area contributed by atoms with E-state index in [9.17, 15) is 18.0 Å². The maximum atomic E-state index is 13.6. The Bertz CT molecular complexity index is 1320. The zero-order chi connectivity index (χ0) is 25.0. The minimum Gasteiger partial charge on any atom is -0.361 e. The first-order chi connectivity index (χ1) is 16.8. The molecule has 182 valence electrons. The van der Waals surface area contributed by atoms with Crippen molar-refractivity contribution < 1.29 is 18.0 Å². The number of H-pyrrole nitrogens is 1. The Kier molecular flexibility index (Phi) is 7.45. The van der Waals surface area contributed by atoms with Crippen LogP contribution in [0.25, 0.3) is 10.9 Å². The van der Waals surface area contributed by atoms with E-state index < -0.39 is 17.7 Å². The Morgan fingerprint density at radius 3 is 2.69 bits per heavy atom. The van der Waals surface area contributed by atoms with Gasteiger partial charge in [0.2, 0.25) is 5.91 Å². The summed E-state index contributed by atoms with van der Waals surface area (Å²) in [5.41, 5.74) is 3.11. The highest BCUT2D eigenvalue weighted by molar-refractivity contribution is 6.31. The number of carbonyl (C=O) groups is 1. The summed E-state index contributed by atoms with van der Waals surface area (Å²) in [6.07, 6.45) is 0.228. The molecule has 8 heteroatoms. The number of aryl methyl sites for hydroxylation is 1. The third-order valence-corrected chi connectivity index (χ3v) is 6.44. The number of amides is 1. The normalized spacial score (nSPS) is 12.6. The van der Waals surface area contributed by atoms with Crippen LogP contribution in [0.15, 0.2) is 67.0 Å². The smallest absolute Gasteiger partial charge is 0.361 e. The van der Waals surface area contributed by atoms with Gasteiger partial charge in [-0.05, 0) is 47.4 Å². The molecular formula is C27H25ClF3N3O. The number of alkyl halides is 3. The minimum atomic E-state index is -4.60. The molecule has 0 saturated carbocycles. The van der Waals surface area contributed by atoms with Crippen LogP contribution in [-0.4, -0.2) is 22.4 Å². The molecule has 0 aliphatic rings. The first-order valence-electron chi connectivity index (χ1n) is 11.4. The predicted molar refractivity (Wildman–Crippen MR) is 132 cm³/mol. The van der Waals surface area contributed by atoms with Crippen molar-refractivity contribution in [3.05, 3.63) is 100.0 Å². The van der Waals surface area contributed by atoms with Gasteiger partial charge in [0.1, 0.15) is 0 Å². The fraction of sp³-hybridized carbons (Fsp3) is 0.259. The Morgan fingerprint density at radius 2 is 1.97 bits per heavy atom. The summed E-state index contributed by atoms with van der Waals surface area (Å²) >= 11 is 5.87. The number of hydrogen-bond acceptors (Lipinski definition) is 2. The van der Waals surface area contributed by atoms with Crippen LogP contribution in [0, 0.1) is 0 Å². The zero-order valence-electron chi connectivity index (χ0n) is 19.1.